The van der Waals surface area contributed by atoms with Crippen LogP contribution in [0.4, 0.5) is 5.69 Å². The Balaban J connectivity index is 1.80. The van der Waals surface area contributed by atoms with E-state index in [0.29, 0.717) is 11.5 Å². The van der Waals surface area contributed by atoms with Gasteiger partial charge in [-0.2, -0.15) is 0 Å². The van der Waals surface area contributed by atoms with Gasteiger partial charge in [0.05, 0.1) is 0 Å². The molecule has 2 aromatic rings. The van der Waals surface area contributed by atoms with Crippen molar-refractivity contribution in [3.63, 3.8) is 0 Å². The molecule has 1 aromatic carbocycles. The summed E-state index contributed by atoms with van der Waals surface area (Å²) >= 11 is 0. The molecule has 108 valence electrons. The number of H-pyrrole nitrogens is 1. The van der Waals surface area contributed by atoms with Gasteiger partial charge in [0.2, 0.25) is 0 Å². The average Bonchev–Trinajstić information content (AvgIpc) is 2.85. The van der Waals surface area contributed by atoms with Crippen LogP contribution in [-0.4, -0.2) is 11.0 Å². The highest BCUT2D eigenvalue weighted by Gasteiger charge is 2.33. The maximum Gasteiger partial charge on any atom is 0.0455 e. The number of fused-ring (bicyclic) bond motifs is 1. The summed E-state index contributed by atoms with van der Waals surface area (Å²) in [5.41, 5.74) is 2.86. The fourth-order valence-corrected chi connectivity index (χ4v) is 3.70. The Labute approximate surface area is 122 Å². The number of nitrogens with one attached hydrogen (secondary N) is 2. The van der Waals surface area contributed by atoms with Crippen molar-refractivity contribution in [3.05, 3.63) is 30.5 Å². The molecular formula is C18H26N2. The van der Waals surface area contributed by atoms with Crippen LogP contribution in [0.25, 0.3) is 10.9 Å². The van der Waals surface area contributed by atoms with Gasteiger partial charge >= 0.3 is 0 Å². The highest BCUT2D eigenvalue weighted by molar-refractivity contribution is 5.83. The summed E-state index contributed by atoms with van der Waals surface area (Å²) in [5.74, 6) is 0.762. The lowest BCUT2D eigenvalue weighted by Gasteiger charge is -2.41. The number of aromatic nitrogens is 1. The zero-order valence-corrected chi connectivity index (χ0v) is 12.9. The fraction of sp³-hybridized carbons (Fsp3) is 0.556. The lowest BCUT2D eigenvalue weighted by atomic mass is 9.69. The minimum absolute atomic E-state index is 0.385. The normalized spacial score (nSPS) is 23.9. The molecule has 20 heavy (non-hydrogen) atoms. The molecule has 1 aromatic heterocycles. The highest BCUT2D eigenvalue weighted by Crippen LogP contribution is 2.39. The Hall–Kier alpha value is -1.44. The van der Waals surface area contributed by atoms with E-state index in [2.05, 4.69) is 55.3 Å². The van der Waals surface area contributed by atoms with Gasteiger partial charge in [-0.25, -0.2) is 0 Å². The summed E-state index contributed by atoms with van der Waals surface area (Å²) in [6.45, 7) is 7.15. The first-order valence-corrected chi connectivity index (χ1v) is 7.88. The fourth-order valence-electron chi connectivity index (χ4n) is 3.70. The van der Waals surface area contributed by atoms with Gasteiger partial charge in [-0.15, -0.1) is 0 Å². The average molecular weight is 270 g/mol. The molecule has 0 bridgehead atoms. The Morgan fingerprint density at radius 1 is 1.10 bits per heavy atom. The largest absolute Gasteiger partial charge is 0.382 e. The summed E-state index contributed by atoms with van der Waals surface area (Å²) in [7, 11) is 0. The monoisotopic (exact) mass is 270 g/mol. The molecule has 3 rings (SSSR count). The third-order valence-electron chi connectivity index (χ3n) is 4.78. The summed E-state index contributed by atoms with van der Waals surface area (Å²) in [6, 6.07) is 9.39. The molecule has 1 fully saturated rings. The molecule has 0 aliphatic heterocycles. The van der Waals surface area contributed by atoms with Crippen molar-refractivity contribution in [2.45, 2.75) is 52.5 Å². The molecule has 1 saturated carbocycles. The third-order valence-corrected chi connectivity index (χ3v) is 4.78. The van der Waals surface area contributed by atoms with Gasteiger partial charge in [0, 0.05) is 28.8 Å². The van der Waals surface area contributed by atoms with Gasteiger partial charge in [0.15, 0.2) is 0 Å². The van der Waals surface area contributed by atoms with Crippen molar-refractivity contribution in [3.8, 4) is 0 Å². The zero-order valence-electron chi connectivity index (χ0n) is 12.9. The molecule has 2 atom stereocenters. The quantitative estimate of drug-likeness (QED) is 0.772. The first-order chi connectivity index (χ1) is 9.54. The predicted molar refractivity (Wildman–Crippen MR) is 87.1 cm³/mol. The zero-order chi connectivity index (χ0) is 14.2. The van der Waals surface area contributed by atoms with E-state index in [1.807, 2.05) is 6.20 Å². The van der Waals surface area contributed by atoms with Crippen LogP contribution in [0.5, 0.6) is 0 Å². The summed E-state index contributed by atoms with van der Waals surface area (Å²) in [6.07, 6.45) is 7.40. The van der Waals surface area contributed by atoms with Crippen LogP contribution in [0.1, 0.15) is 46.5 Å². The van der Waals surface area contributed by atoms with Gasteiger partial charge < -0.3 is 10.3 Å². The molecule has 0 amide bonds. The van der Waals surface area contributed by atoms with Crippen LogP contribution in [0.2, 0.25) is 0 Å². The van der Waals surface area contributed by atoms with E-state index in [4.69, 9.17) is 0 Å². The molecule has 2 heteroatoms. The molecule has 0 radical (unpaired) electrons. The first-order valence-electron chi connectivity index (χ1n) is 7.88. The summed E-state index contributed by atoms with van der Waals surface area (Å²) in [5, 5.41) is 5.10. The number of hydrogen-bond donors (Lipinski definition) is 2. The van der Waals surface area contributed by atoms with Crippen LogP contribution >= 0.6 is 0 Å². The number of rotatable bonds is 2. The van der Waals surface area contributed by atoms with E-state index in [9.17, 15) is 0 Å². The van der Waals surface area contributed by atoms with Crippen molar-refractivity contribution in [2.75, 3.05) is 5.32 Å². The number of benzene rings is 1. The van der Waals surface area contributed by atoms with Gasteiger partial charge in [0.1, 0.15) is 0 Å². The lowest BCUT2D eigenvalue weighted by molar-refractivity contribution is 0.163. The molecule has 2 nitrogen and oxygen atoms in total. The number of aromatic amines is 1. The second kappa shape index (κ2) is 5.16. The summed E-state index contributed by atoms with van der Waals surface area (Å²) < 4.78 is 0. The molecule has 2 N–H and O–H groups in total. The van der Waals surface area contributed by atoms with Crippen LogP contribution in [0.15, 0.2) is 30.5 Å². The molecule has 0 spiro atoms. The topological polar surface area (TPSA) is 27.8 Å². The van der Waals surface area contributed by atoms with Crippen LogP contribution < -0.4 is 5.32 Å². The molecule has 1 aliphatic carbocycles. The maximum absolute atomic E-state index is 3.81. The van der Waals surface area contributed by atoms with Crippen molar-refractivity contribution in [1.29, 1.82) is 0 Å². The summed E-state index contributed by atoms with van der Waals surface area (Å²) in [4.78, 5) is 3.26. The number of hydrogen-bond acceptors (Lipinski definition) is 1. The van der Waals surface area contributed by atoms with Crippen molar-refractivity contribution in [1.82, 2.24) is 4.98 Å². The molecular weight excluding hydrogens is 244 g/mol. The Morgan fingerprint density at radius 3 is 2.70 bits per heavy atom. The van der Waals surface area contributed by atoms with Crippen LogP contribution in [0, 0.1) is 11.3 Å². The Kier molecular flexibility index (Phi) is 3.49. The SMILES string of the molecule is CC(C)(C)C1CCCCC1Nc1ccc2[nH]ccc2c1. The minimum atomic E-state index is 0.385. The smallest absolute Gasteiger partial charge is 0.0455 e. The van der Waals surface area contributed by atoms with E-state index in [-0.39, 0.29) is 0 Å². The van der Waals surface area contributed by atoms with E-state index < -0.39 is 0 Å². The first kappa shape index (κ1) is 13.5. The second-order valence-electron chi connectivity index (χ2n) is 7.29. The van der Waals surface area contributed by atoms with E-state index >= 15 is 0 Å². The lowest BCUT2D eigenvalue weighted by Crippen LogP contribution is -2.39. The maximum atomic E-state index is 3.81. The molecule has 1 aliphatic rings. The highest BCUT2D eigenvalue weighted by atomic mass is 14.9. The van der Waals surface area contributed by atoms with E-state index in [1.165, 1.54) is 42.3 Å². The van der Waals surface area contributed by atoms with Crippen molar-refractivity contribution < 1.29 is 0 Å². The predicted octanol–water partition coefficient (Wildman–Crippen LogP) is 5.18. The Morgan fingerprint density at radius 2 is 1.90 bits per heavy atom. The van der Waals surface area contributed by atoms with Gasteiger partial charge in [-0.1, -0.05) is 33.6 Å². The number of anilines is 1. The molecule has 0 saturated heterocycles. The third kappa shape index (κ3) is 2.70. The standard InChI is InChI=1S/C18H26N2/c1-18(2,3)15-6-4-5-7-17(15)20-14-8-9-16-13(12-14)10-11-19-16/h8-12,15,17,19-20H,4-7H2,1-3H3. The van der Waals surface area contributed by atoms with Crippen LogP contribution in [0.3, 0.4) is 0 Å². The van der Waals surface area contributed by atoms with E-state index in [1.54, 1.807) is 0 Å². The van der Waals surface area contributed by atoms with Crippen LogP contribution in [-0.2, 0) is 0 Å². The van der Waals surface area contributed by atoms with Gasteiger partial charge in [-0.05, 0) is 48.4 Å². The molecule has 2 unspecified atom stereocenters. The molecule has 1 heterocycles. The van der Waals surface area contributed by atoms with Crippen molar-refractivity contribution >= 4 is 16.6 Å². The van der Waals surface area contributed by atoms with Gasteiger partial charge in [0.25, 0.3) is 0 Å². The van der Waals surface area contributed by atoms with Gasteiger partial charge in [-0.3, -0.25) is 0 Å². The van der Waals surface area contributed by atoms with E-state index in [0.717, 1.165) is 5.92 Å². The van der Waals surface area contributed by atoms with Crippen molar-refractivity contribution in [2.24, 2.45) is 11.3 Å². The minimum Gasteiger partial charge on any atom is -0.382 e. The Bertz CT molecular complexity index is 576. The second-order valence-corrected chi connectivity index (χ2v) is 7.29.